The summed E-state index contributed by atoms with van der Waals surface area (Å²) in [5, 5.41) is 7.98. The second kappa shape index (κ2) is 4.11. The summed E-state index contributed by atoms with van der Waals surface area (Å²) in [5.41, 5.74) is 5.39. The van der Waals surface area contributed by atoms with E-state index in [2.05, 4.69) is 10.2 Å². The maximum absolute atomic E-state index is 5.49. The molecule has 1 aromatic rings. The van der Waals surface area contributed by atoms with E-state index in [1.54, 1.807) is 0 Å². The van der Waals surface area contributed by atoms with E-state index in [4.69, 9.17) is 10.2 Å². The molecule has 1 atom stereocenters. The molecule has 0 aromatic carbocycles. The van der Waals surface area contributed by atoms with Crippen LogP contribution in [0.3, 0.4) is 0 Å². The van der Waals surface area contributed by atoms with E-state index in [0.717, 1.165) is 18.1 Å². The molecular formula is C8H13N3OS. The first-order valence-electron chi connectivity index (χ1n) is 4.50. The molecule has 0 saturated carbocycles. The zero-order valence-corrected chi connectivity index (χ0v) is 8.22. The average Bonchev–Trinajstić information content (AvgIpc) is 2.70. The van der Waals surface area contributed by atoms with Gasteiger partial charge in [0.05, 0.1) is 0 Å². The van der Waals surface area contributed by atoms with Crippen LogP contribution in [0.25, 0.3) is 0 Å². The molecule has 2 rings (SSSR count). The highest BCUT2D eigenvalue weighted by molar-refractivity contribution is 7.99. The molecule has 5 heteroatoms. The van der Waals surface area contributed by atoms with Crippen molar-refractivity contribution in [1.82, 2.24) is 10.2 Å². The standard InChI is InChI=1S/C8H13N3OS/c9-3-1-7-10-11-8(12-7)6-2-4-13-5-6/h6H,1-5,9H2. The number of rotatable bonds is 3. The number of nitrogens with zero attached hydrogens (tertiary/aromatic N) is 2. The second-order valence-electron chi connectivity index (χ2n) is 3.13. The lowest BCUT2D eigenvalue weighted by Crippen LogP contribution is -2.02. The predicted octanol–water partition coefficient (Wildman–Crippen LogP) is 0.791. The van der Waals surface area contributed by atoms with E-state index in [0.29, 0.717) is 24.8 Å². The van der Waals surface area contributed by atoms with Gasteiger partial charge >= 0.3 is 0 Å². The lowest BCUT2D eigenvalue weighted by molar-refractivity contribution is 0.426. The summed E-state index contributed by atoms with van der Waals surface area (Å²) in [5.74, 6) is 4.27. The van der Waals surface area contributed by atoms with Crippen molar-refractivity contribution >= 4 is 11.8 Å². The summed E-state index contributed by atoms with van der Waals surface area (Å²) in [6, 6.07) is 0. The van der Waals surface area contributed by atoms with E-state index >= 15 is 0 Å². The molecule has 0 radical (unpaired) electrons. The first-order chi connectivity index (χ1) is 6.40. The van der Waals surface area contributed by atoms with Crippen molar-refractivity contribution < 1.29 is 4.42 Å². The first kappa shape index (κ1) is 9.02. The van der Waals surface area contributed by atoms with Gasteiger partial charge in [-0.25, -0.2) is 0 Å². The molecule has 4 nitrogen and oxygen atoms in total. The molecule has 13 heavy (non-hydrogen) atoms. The predicted molar refractivity (Wildman–Crippen MR) is 51.7 cm³/mol. The monoisotopic (exact) mass is 199 g/mol. The Labute approximate surface area is 81.3 Å². The van der Waals surface area contributed by atoms with Crippen LogP contribution in [0.4, 0.5) is 0 Å². The Bertz CT molecular complexity index is 270. The van der Waals surface area contributed by atoms with Crippen molar-refractivity contribution in [3.63, 3.8) is 0 Å². The lowest BCUT2D eigenvalue weighted by atomic mass is 10.1. The van der Waals surface area contributed by atoms with E-state index < -0.39 is 0 Å². The van der Waals surface area contributed by atoms with Crippen molar-refractivity contribution in [1.29, 1.82) is 0 Å². The smallest absolute Gasteiger partial charge is 0.220 e. The molecule has 1 aliphatic rings. The molecule has 1 aromatic heterocycles. The van der Waals surface area contributed by atoms with Crippen molar-refractivity contribution in [3.8, 4) is 0 Å². The zero-order valence-electron chi connectivity index (χ0n) is 7.40. The Morgan fingerprint density at radius 2 is 2.46 bits per heavy atom. The molecule has 1 saturated heterocycles. The van der Waals surface area contributed by atoms with Crippen molar-refractivity contribution in [2.45, 2.75) is 18.8 Å². The molecule has 1 aliphatic heterocycles. The number of nitrogens with two attached hydrogens (primary N) is 1. The van der Waals surface area contributed by atoms with Crippen molar-refractivity contribution in [2.75, 3.05) is 18.1 Å². The van der Waals surface area contributed by atoms with Gasteiger partial charge in [0, 0.05) is 24.6 Å². The summed E-state index contributed by atoms with van der Waals surface area (Å²) in [6.45, 7) is 0.570. The summed E-state index contributed by atoms with van der Waals surface area (Å²) < 4.78 is 5.49. The van der Waals surface area contributed by atoms with Crippen LogP contribution < -0.4 is 5.73 Å². The molecular weight excluding hydrogens is 186 g/mol. The van der Waals surface area contributed by atoms with Gasteiger partial charge in [0.1, 0.15) is 0 Å². The van der Waals surface area contributed by atoms with Gasteiger partial charge in [0.2, 0.25) is 11.8 Å². The normalized spacial score (nSPS) is 22.4. The Kier molecular flexibility index (Phi) is 2.85. The minimum absolute atomic E-state index is 0.476. The van der Waals surface area contributed by atoms with E-state index in [9.17, 15) is 0 Å². The van der Waals surface area contributed by atoms with E-state index in [1.165, 1.54) is 5.75 Å². The Morgan fingerprint density at radius 3 is 3.15 bits per heavy atom. The van der Waals surface area contributed by atoms with Crippen LogP contribution in [0.2, 0.25) is 0 Å². The molecule has 72 valence electrons. The third-order valence-corrected chi connectivity index (χ3v) is 3.28. The zero-order chi connectivity index (χ0) is 9.10. The van der Waals surface area contributed by atoms with Gasteiger partial charge in [0.15, 0.2) is 0 Å². The van der Waals surface area contributed by atoms with Gasteiger partial charge in [-0.3, -0.25) is 0 Å². The molecule has 0 spiro atoms. The Hall–Kier alpha value is -0.550. The van der Waals surface area contributed by atoms with Crippen LogP contribution in [-0.2, 0) is 6.42 Å². The SMILES string of the molecule is NCCc1nnc(C2CCSC2)o1. The van der Waals surface area contributed by atoms with Gasteiger partial charge in [0.25, 0.3) is 0 Å². The second-order valence-corrected chi connectivity index (χ2v) is 4.28. The maximum atomic E-state index is 5.49. The van der Waals surface area contributed by atoms with Gasteiger partial charge in [-0.1, -0.05) is 0 Å². The number of hydrogen-bond acceptors (Lipinski definition) is 5. The maximum Gasteiger partial charge on any atom is 0.220 e. The van der Waals surface area contributed by atoms with Crippen molar-refractivity contribution in [2.24, 2.45) is 5.73 Å². The van der Waals surface area contributed by atoms with Gasteiger partial charge in [-0.15, -0.1) is 10.2 Å². The highest BCUT2D eigenvalue weighted by atomic mass is 32.2. The third-order valence-electron chi connectivity index (χ3n) is 2.12. The average molecular weight is 199 g/mol. The fourth-order valence-electron chi connectivity index (χ4n) is 1.39. The van der Waals surface area contributed by atoms with Crippen molar-refractivity contribution in [3.05, 3.63) is 11.8 Å². The highest BCUT2D eigenvalue weighted by Gasteiger charge is 2.22. The fraction of sp³-hybridized carbons (Fsp3) is 0.750. The Balaban J connectivity index is 2.03. The quantitative estimate of drug-likeness (QED) is 0.779. The van der Waals surface area contributed by atoms with Gasteiger partial charge in [-0.2, -0.15) is 11.8 Å². The number of hydrogen-bond donors (Lipinski definition) is 1. The molecule has 2 N–H and O–H groups in total. The minimum atomic E-state index is 0.476. The molecule has 1 unspecified atom stereocenters. The van der Waals surface area contributed by atoms with Gasteiger partial charge in [-0.05, 0) is 12.2 Å². The van der Waals surface area contributed by atoms with Crippen LogP contribution in [0.5, 0.6) is 0 Å². The topological polar surface area (TPSA) is 64.9 Å². The summed E-state index contributed by atoms with van der Waals surface area (Å²) >= 11 is 1.95. The van der Waals surface area contributed by atoms with E-state index in [-0.39, 0.29) is 0 Å². The van der Waals surface area contributed by atoms with Crippen LogP contribution in [-0.4, -0.2) is 28.2 Å². The number of aromatic nitrogens is 2. The molecule has 0 aliphatic carbocycles. The highest BCUT2D eigenvalue weighted by Crippen LogP contribution is 2.31. The molecule has 2 heterocycles. The summed E-state index contributed by atoms with van der Waals surface area (Å²) in [4.78, 5) is 0. The van der Waals surface area contributed by atoms with Crippen LogP contribution in [0, 0.1) is 0 Å². The summed E-state index contributed by atoms with van der Waals surface area (Å²) in [6.07, 6.45) is 1.85. The summed E-state index contributed by atoms with van der Waals surface area (Å²) in [7, 11) is 0. The number of thioether (sulfide) groups is 1. The fourth-order valence-corrected chi connectivity index (χ4v) is 2.60. The first-order valence-corrected chi connectivity index (χ1v) is 5.65. The largest absolute Gasteiger partial charge is 0.425 e. The molecule has 0 amide bonds. The van der Waals surface area contributed by atoms with Crippen LogP contribution in [0.1, 0.15) is 24.1 Å². The van der Waals surface area contributed by atoms with Crippen LogP contribution >= 0.6 is 11.8 Å². The van der Waals surface area contributed by atoms with Crippen LogP contribution in [0.15, 0.2) is 4.42 Å². The van der Waals surface area contributed by atoms with Gasteiger partial charge < -0.3 is 10.2 Å². The lowest BCUT2D eigenvalue weighted by Gasteiger charge is -1.99. The molecule has 0 bridgehead atoms. The third kappa shape index (κ3) is 2.03. The Morgan fingerprint density at radius 1 is 1.54 bits per heavy atom. The minimum Gasteiger partial charge on any atom is -0.425 e. The van der Waals surface area contributed by atoms with E-state index in [1.807, 2.05) is 11.8 Å². The molecule has 1 fully saturated rings.